The standard InChI is InChI=1S/C19H34O2/c1-2-3-4-10-13-17-16-18(17)14-11-8-6-5-7-9-12-15-19(20)21/h5,7,17-18H,2-4,6,8-16H2,1H3,(H,20,21)/b7-5-. The Morgan fingerprint density at radius 3 is 2.19 bits per heavy atom. The fraction of sp³-hybridized carbons (Fsp3) is 0.842. The molecule has 0 saturated heterocycles. The fourth-order valence-corrected chi connectivity index (χ4v) is 3.13. The lowest BCUT2D eigenvalue weighted by atomic mass is 10.1. The first-order chi connectivity index (χ1) is 10.2. The SMILES string of the molecule is CCCCCCC1CC1CCCC/C=C\CCCC(=O)O. The molecule has 2 heteroatoms. The van der Waals surface area contributed by atoms with E-state index in [1.54, 1.807) is 0 Å². The summed E-state index contributed by atoms with van der Waals surface area (Å²) >= 11 is 0. The van der Waals surface area contributed by atoms with Crippen molar-refractivity contribution < 1.29 is 9.90 Å². The molecule has 0 spiro atoms. The maximum atomic E-state index is 10.3. The number of rotatable bonds is 14. The van der Waals surface area contributed by atoms with Crippen molar-refractivity contribution in [3.63, 3.8) is 0 Å². The van der Waals surface area contributed by atoms with E-state index < -0.39 is 5.97 Å². The van der Waals surface area contributed by atoms with Crippen LogP contribution in [0.5, 0.6) is 0 Å². The Morgan fingerprint density at radius 1 is 0.952 bits per heavy atom. The zero-order valence-corrected chi connectivity index (χ0v) is 13.9. The minimum absolute atomic E-state index is 0.297. The third-order valence-electron chi connectivity index (χ3n) is 4.62. The molecule has 21 heavy (non-hydrogen) atoms. The number of allylic oxidation sites excluding steroid dienone is 2. The summed E-state index contributed by atoms with van der Waals surface area (Å²) in [6.07, 6.45) is 20.3. The first kappa shape index (κ1) is 18.3. The molecule has 1 N–H and O–H groups in total. The van der Waals surface area contributed by atoms with Gasteiger partial charge < -0.3 is 5.11 Å². The molecule has 0 aromatic rings. The number of unbranched alkanes of at least 4 members (excludes halogenated alkanes) is 6. The third kappa shape index (κ3) is 10.6. The molecule has 1 fully saturated rings. The summed E-state index contributed by atoms with van der Waals surface area (Å²) in [5.41, 5.74) is 0. The van der Waals surface area contributed by atoms with E-state index in [9.17, 15) is 4.79 Å². The first-order valence-electron chi connectivity index (χ1n) is 9.10. The molecule has 0 amide bonds. The molecular weight excluding hydrogens is 260 g/mol. The van der Waals surface area contributed by atoms with Crippen LogP contribution in [0.15, 0.2) is 12.2 Å². The molecular formula is C19H34O2. The molecule has 1 rings (SSSR count). The summed E-state index contributed by atoms with van der Waals surface area (Å²) in [7, 11) is 0. The molecule has 1 saturated carbocycles. The van der Waals surface area contributed by atoms with Crippen molar-refractivity contribution in [2.45, 2.75) is 90.4 Å². The Kier molecular flexibility index (Phi) is 10.3. The van der Waals surface area contributed by atoms with Crippen molar-refractivity contribution in [2.24, 2.45) is 11.8 Å². The van der Waals surface area contributed by atoms with E-state index in [2.05, 4.69) is 19.1 Å². The molecule has 0 heterocycles. The molecule has 122 valence electrons. The molecule has 0 aliphatic heterocycles. The fourth-order valence-electron chi connectivity index (χ4n) is 3.13. The molecule has 0 aromatic carbocycles. The van der Waals surface area contributed by atoms with Crippen molar-refractivity contribution in [3.05, 3.63) is 12.2 Å². The second kappa shape index (κ2) is 11.8. The van der Waals surface area contributed by atoms with Gasteiger partial charge in [0.2, 0.25) is 0 Å². The van der Waals surface area contributed by atoms with Crippen LogP contribution in [0.2, 0.25) is 0 Å². The Morgan fingerprint density at radius 2 is 1.57 bits per heavy atom. The van der Waals surface area contributed by atoms with E-state index in [4.69, 9.17) is 5.11 Å². The molecule has 2 atom stereocenters. The van der Waals surface area contributed by atoms with Gasteiger partial charge in [-0.15, -0.1) is 0 Å². The monoisotopic (exact) mass is 294 g/mol. The quantitative estimate of drug-likeness (QED) is 0.317. The number of carboxylic acids is 1. The molecule has 0 aromatic heterocycles. The van der Waals surface area contributed by atoms with Crippen LogP contribution in [-0.2, 0) is 4.79 Å². The van der Waals surface area contributed by atoms with Crippen molar-refractivity contribution >= 4 is 5.97 Å². The van der Waals surface area contributed by atoms with Crippen LogP contribution >= 0.6 is 0 Å². The van der Waals surface area contributed by atoms with Crippen molar-refractivity contribution in [1.29, 1.82) is 0 Å². The highest BCUT2D eigenvalue weighted by Gasteiger charge is 2.34. The molecule has 2 nitrogen and oxygen atoms in total. The highest BCUT2D eigenvalue weighted by atomic mass is 16.4. The first-order valence-corrected chi connectivity index (χ1v) is 9.10. The van der Waals surface area contributed by atoms with E-state index >= 15 is 0 Å². The highest BCUT2D eigenvalue weighted by Crippen LogP contribution is 2.45. The van der Waals surface area contributed by atoms with Gasteiger partial charge in [0.1, 0.15) is 0 Å². The Hall–Kier alpha value is -0.790. The maximum Gasteiger partial charge on any atom is 0.303 e. The second-order valence-electron chi connectivity index (χ2n) is 6.65. The van der Waals surface area contributed by atoms with E-state index in [-0.39, 0.29) is 0 Å². The summed E-state index contributed by atoms with van der Waals surface area (Å²) in [4.78, 5) is 10.3. The average molecular weight is 294 g/mol. The van der Waals surface area contributed by atoms with Crippen LogP contribution in [0.25, 0.3) is 0 Å². The number of aliphatic carboxylic acids is 1. The predicted octanol–water partition coefficient (Wildman–Crippen LogP) is 5.96. The lowest BCUT2D eigenvalue weighted by molar-refractivity contribution is -0.137. The lowest BCUT2D eigenvalue weighted by Gasteiger charge is -2.00. The van der Waals surface area contributed by atoms with Gasteiger partial charge in [-0.3, -0.25) is 4.79 Å². The average Bonchev–Trinajstić information content (AvgIpc) is 3.20. The van der Waals surface area contributed by atoms with Crippen LogP contribution in [0.1, 0.15) is 90.4 Å². The normalized spacial score (nSPS) is 21.0. The van der Waals surface area contributed by atoms with Gasteiger partial charge in [-0.2, -0.15) is 0 Å². The Bertz CT molecular complexity index is 296. The van der Waals surface area contributed by atoms with Crippen molar-refractivity contribution in [1.82, 2.24) is 0 Å². The molecule has 1 aliphatic carbocycles. The van der Waals surface area contributed by atoms with Gasteiger partial charge in [-0.1, -0.05) is 64.0 Å². The number of carbonyl (C=O) groups is 1. The maximum absolute atomic E-state index is 10.3. The summed E-state index contributed by atoms with van der Waals surface area (Å²) in [6.45, 7) is 2.28. The summed E-state index contributed by atoms with van der Waals surface area (Å²) in [5, 5.41) is 8.52. The minimum Gasteiger partial charge on any atom is -0.481 e. The molecule has 1 aliphatic rings. The predicted molar refractivity (Wildman–Crippen MR) is 89.5 cm³/mol. The number of hydrogen-bond donors (Lipinski definition) is 1. The minimum atomic E-state index is -0.683. The lowest BCUT2D eigenvalue weighted by Crippen LogP contribution is -1.92. The van der Waals surface area contributed by atoms with E-state index in [0.717, 1.165) is 24.7 Å². The molecule has 0 bridgehead atoms. The molecule has 2 unspecified atom stereocenters. The van der Waals surface area contributed by atoms with Crippen LogP contribution in [0.4, 0.5) is 0 Å². The summed E-state index contributed by atoms with van der Waals surface area (Å²) < 4.78 is 0. The van der Waals surface area contributed by atoms with Crippen LogP contribution < -0.4 is 0 Å². The smallest absolute Gasteiger partial charge is 0.303 e. The van der Waals surface area contributed by atoms with Gasteiger partial charge in [0.05, 0.1) is 0 Å². The van der Waals surface area contributed by atoms with Gasteiger partial charge >= 0.3 is 5.97 Å². The number of carboxylic acid groups (broad SMARTS) is 1. The largest absolute Gasteiger partial charge is 0.481 e. The van der Waals surface area contributed by atoms with Gasteiger partial charge in [0.25, 0.3) is 0 Å². The zero-order valence-electron chi connectivity index (χ0n) is 13.9. The summed E-state index contributed by atoms with van der Waals surface area (Å²) in [5.74, 6) is 1.43. The van der Waals surface area contributed by atoms with E-state index in [1.807, 2.05) is 0 Å². The van der Waals surface area contributed by atoms with Crippen molar-refractivity contribution in [2.75, 3.05) is 0 Å². The van der Waals surface area contributed by atoms with Gasteiger partial charge in [0.15, 0.2) is 0 Å². The third-order valence-corrected chi connectivity index (χ3v) is 4.62. The Labute approximate surface area is 131 Å². The van der Waals surface area contributed by atoms with Gasteiger partial charge in [-0.25, -0.2) is 0 Å². The van der Waals surface area contributed by atoms with Crippen LogP contribution in [0.3, 0.4) is 0 Å². The number of hydrogen-bond acceptors (Lipinski definition) is 1. The zero-order chi connectivity index (χ0) is 15.3. The summed E-state index contributed by atoms with van der Waals surface area (Å²) in [6, 6.07) is 0. The second-order valence-corrected chi connectivity index (χ2v) is 6.65. The topological polar surface area (TPSA) is 37.3 Å². The van der Waals surface area contributed by atoms with E-state index in [0.29, 0.717) is 6.42 Å². The van der Waals surface area contributed by atoms with Crippen molar-refractivity contribution in [3.8, 4) is 0 Å². The van der Waals surface area contributed by atoms with Gasteiger partial charge in [-0.05, 0) is 43.9 Å². The molecule has 0 radical (unpaired) electrons. The van der Waals surface area contributed by atoms with Crippen LogP contribution in [0, 0.1) is 11.8 Å². The van der Waals surface area contributed by atoms with Gasteiger partial charge in [0, 0.05) is 6.42 Å². The van der Waals surface area contributed by atoms with Crippen LogP contribution in [-0.4, -0.2) is 11.1 Å². The van der Waals surface area contributed by atoms with E-state index in [1.165, 1.54) is 64.2 Å². The Balaban J connectivity index is 1.81. The highest BCUT2D eigenvalue weighted by molar-refractivity contribution is 5.66.